The average molecular weight is 369 g/mol. The topological polar surface area (TPSA) is 72.2 Å². The Morgan fingerprint density at radius 1 is 1.13 bits per heavy atom. The summed E-state index contributed by atoms with van der Waals surface area (Å²) >= 11 is 13.2. The standard InChI is InChI=1S/C16H14Cl2N2O2S/c17-11-6-7-12(18)13(8-11)23-9-14(21)20-15(16(19)22)10-4-2-1-3-5-10/h1-8,15H,9H2,(H2,19,22)(H,20,21). The highest BCUT2D eigenvalue weighted by Crippen LogP contribution is 2.29. The van der Waals surface area contributed by atoms with E-state index in [9.17, 15) is 9.59 Å². The summed E-state index contributed by atoms with van der Waals surface area (Å²) in [4.78, 5) is 24.4. The molecule has 7 heteroatoms. The Morgan fingerprint density at radius 2 is 1.83 bits per heavy atom. The third-order valence-electron chi connectivity index (χ3n) is 2.97. The van der Waals surface area contributed by atoms with Crippen LogP contribution in [0.15, 0.2) is 53.4 Å². The van der Waals surface area contributed by atoms with Crippen LogP contribution < -0.4 is 11.1 Å². The summed E-state index contributed by atoms with van der Waals surface area (Å²) in [6.45, 7) is 0. The zero-order valence-electron chi connectivity index (χ0n) is 12.0. The molecular formula is C16H14Cl2N2O2S. The molecule has 0 aliphatic heterocycles. The first-order valence-electron chi connectivity index (χ1n) is 6.69. The van der Waals surface area contributed by atoms with Gasteiger partial charge in [0, 0.05) is 9.92 Å². The van der Waals surface area contributed by atoms with Gasteiger partial charge in [0.2, 0.25) is 11.8 Å². The van der Waals surface area contributed by atoms with E-state index in [1.807, 2.05) is 6.07 Å². The first-order chi connectivity index (χ1) is 11.0. The molecule has 2 amide bonds. The molecule has 3 N–H and O–H groups in total. The monoisotopic (exact) mass is 368 g/mol. The van der Waals surface area contributed by atoms with Gasteiger partial charge < -0.3 is 11.1 Å². The maximum absolute atomic E-state index is 12.1. The van der Waals surface area contributed by atoms with Crippen LogP contribution in [-0.2, 0) is 9.59 Å². The van der Waals surface area contributed by atoms with Gasteiger partial charge >= 0.3 is 0 Å². The minimum Gasteiger partial charge on any atom is -0.368 e. The van der Waals surface area contributed by atoms with Crippen LogP contribution in [0.3, 0.4) is 0 Å². The van der Waals surface area contributed by atoms with Gasteiger partial charge in [0.05, 0.1) is 10.8 Å². The SMILES string of the molecule is NC(=O)C(NC(=O)CSc1cc(Cl)ccc1Cl)c1ccccc1. The van der Waals surface area contributed by atoms with Gasteiger partial charge in [-0.2, -0.15) is 0 Å². The predicted octanol–water partition coefficient (Wildman–Crippen LogP) is 3.43. The van der Waals surface area contributed by atoms with Crippen molar-refractivity contribution in [2.75, 3.05) is 5.75 Å². The van der Waals surface area contributed by atoms with E-state index in [0.29, 0.717) is 20.5 Å². The first kappa shape index (κ1) is 17.7. The third-order valence-corrected chi connectivity index (χ3v) is 4.71. The van der Waals surface area contributed by atoms with Crippen molar-refractivity contribution in [1.29, 1.82) is 0 Å². The van der Waals surface area contributed by atoms with Crippen LogP contribution in [0.2, 0.25) is 10.0 Å². The smallest absolute Gasteiger partial charge is 0.244 e. The van der Waals surface area contributed by atoms with Crippen molar-refractivity contribution in [3.05, 3.63) is 64.1 Å². The number of benzene rings is 2. The summed E-state index contributed by atoms with van der Waals surface area (Å²) in [6, 6.07) is 13.0. The van der Waals surface area contributed by atoms with Gasteiger partial charge in [-0.05, 0) is 23.8 Å². The second-order valence-corrected chi connectivity index (χ2v) is 6.54. The van der Waals surface area contributed by atoms with Crippen molar-refractivity contribution < 1.29 is 9.59 Å². The van der Waals surface area contributed by atoms with Gasteiger partial charge in [-0.15, -0.1) is 11.8 Å². The van der Waals surface area contributed by atoms with Crippen molar-refractivity contribution in [2.24, 2.45) is 5.73 Å². The maximum Gasteiger partial charge on any atom is 0.244 e. The number of thioether (sulfide) groups is 1. The zero-order valence-corrected chi connectivity index (χ0v) is 14.3. The number of carbonyl (C=O) groups is 2. The molecule has 2 rings (SSSR count). The Balaban J connectivity index is 2.00. The minimum atomic E-state index is -0.862. The van der Waals surface area contributed by atoms with Gasteiger partial charge in [0.25, 0.3) is 0 Å². The van der Waals surface area contributed by atoms with Gasteiger partial charge in [0.15, 0.2) is 0 Å². The molecular weight excluding hydrogens is 355 g/mol. The molecule has 0 bridgehead atoms. The van der Waals surface area contributed by atoms with E-state index < -0.39 is 11.9 Å². The molecule has 1 atom stereocenters. The number of rotatable bonds is 6. The van der Waals surface area contributed by atoms with Crippen LogP contribution in [-0.4, -0.2) is 17.6 Å². The highest BCUT2D eigenvalue weighted by molar-refractivity contribution is 8.00. The molecule has 0 aliphatic rings. The number of hydrogen-bond donors (Lipinski definition) is 2. The molecule has 0 heterocycles. The average Bonchev–Trinajstić information content (AvgIpc) is 2.54. The van der Waals surface area contributed by atoms with E-state index in [4.69, 9.17) is 28.9 Å². The van der Waals surface area contributed by atoms with Crippen molar-refractivity contribution in [2.45, 2.75) is 10.9 Å². The molecule has 0 fully saturated rings. The van der Waals surface area contributed by atoms with E-state index >= 15 is 0 Å². The number of carbonyl (C=O) groups excluding carboxylic acids is 2. The van der Waals surface area contributed by atoms with E-state index in [-0.39, 0.29) is 11.7 Å². The minimum absolute atomic E-state index is 0.0939. The van der Waals surface area contributed by atoms with Crippen LogP contribution in [0.1, 0.15) is 11.6 Å². The molecule has 2 aromatic carbocycles. The van der Waals surface area contributed by atoms with E-state index in [2.05, 4.69) is 5.32 Å². The highest BCUT2D eigenvalue weighted by atomic mass is 35.5. The van der Waals surface area contributed by atoms with Crippen LogP contribution in [0.5, 0.6) is 0 Å². The van der Waals surface area contributed by atoms with Crippen LogP contribution in [0.25, 0.3) is 0 Å². The predicted molar refractivity (Wildman–Crippen MR) is 93.7 cm³/mol. The summed E-state index contributed by atoms with van der Waals surface area (Å²) in [5.74, 6) is -0.842. The second-order valence-electron chi connectivity index (χ2n) is 4.68. The van der Waals surface area contributed by atoms with Gasteiger partial charge in [0.1, 0.15) is 6.04 Å². The second kappa shape index (κ2) is 8.24. The summed E-state index contributed by atoms with van der Waals surface area (Å²) < 4.78 is 0. The van der Waals surface area contributed by atoms with Crippen molar-refractivity contribution in [3.8, 4) is 0 Å². The summed E-state index contributed by atoms with van der Waals surface area (Å²) in [7, 11) is 0. The maximum atomic E-state index is 12.1. The Hall–Kier alpha value is -1.69. The molecule has 120 valence electrons. The number of amides is 2. The number of halogens is 2. The van der Waals surface area contributed by atoms with Crippen LogP contribution >= 0.6 is 35.0 Å². The largest absolute Gasteiger partial charge is 0.368 e. The van der Waals surface area contributed by atoms with E-state index in [1.54, 1.807) is 42.5 Å². The molecule has 0 aromatic heterocycles. The lowest BCUT2D eigenvalue weighted by molar-refractivity contribution is -0.126. The van der Waals surface area contributed by atoms with Gasteiger partial charge in [-0.25, -0.2) is 0 Å². The Kier molecular flexibility index (Phi) is 6.33. The van der Waals surface area contributed by atoms with Crippen molar-refractivity contribution in [3.63, 3.8) is 0 Å². The lowest BCUT2D eigenvalue weighted by atomic mass is 10.1. The highest BCUT2D eigenvalue weighted by Gasteiger charge is 2.20. The lowest BCUT2D eigenvalue weighted by Crippen LogP contribution is -2.38. The van der Waals surface area contributed by atoms with Crippen LogP contribution in [0, 0.1) is 0 Å². The van der Waals surface area contributed by atoms with Crippen molar-refractivity contribution in [1.82, 2.24) is 5.32 Å². The molecule has 4 nitrogen and oxygen atoms in total. The number of hydrogen-bond acceptors (Lipinski definition) is 3. The molecule has 0 saturated heterocycles. The lowest BCUT2D eigenvalue weighted by Gasteiger charge is -2.15. The Labute approximate surface area is 148 Å². The fraction of sp³-hybridized carbons (Fsp3) is 0.125. The fourth-order valence-corrected chi connectivity index (χ4v) is 3.20. The van der Waals surface area contributed by atoms with Crippen LogP contribution in [0.4, 0.5) is 0 Å². The van der Waals surface area contributed by atoms with E-state index in [0.717, 1.165) is 0 Å². The summed E-state index contributed by atoms with van der Waals surface area (Å²) in [5.41, 5.74) is 6.01. The number of nitrogens with two attached hydrogens (primary N) is 1. The summed E-state index contributed by atoms with van der Waals surface area (Å²) in [5, 5.41) is 3.68. The first-order valence-corrected chi connectivity index (χ1v) is 8.43. The third kappa shape index (κ3) is 5.16. The molecule has 23 heavy (non-hydrogen) atoms. The summed E-state index contributed by atoms with van der Waals surface area (Å²) in [6.07, 6.45) is 0. The van der Waals surface area contributed by atoms with Crippen molar-refractivity contribution >= 4 is 46.8 Å². The Bertz CT molecular complexity index is 710. The molecule has 1 unspecified atom stereocenters. The number of nitrogens with one attached hydrogen (secondary N) is 1. The van der Waals surface area contributed by atoms with E-state index in [1.165, 1.54) is 11.8 Å². The molecule has 2 aromatic rings. The molecule has 0 saturated carbocycles. The zero-order chi connectivity index (χ0) is 16.8. The van der Waals surface area contributed by atoms with Gasteiger partial charge in [-0.1, -0.05) is 53.5 Å². The molecule has 0 radical (unpaired) electrons. The Morgan fingerprint density at radius 3 is 2.48 bits per heavy atom. The molecule has 0 aliphatic carbocycles. The quantitative estimate of drug-likeness (QED) is 0.767. The van der Waals surface area contributed by atoms with Gasteiger partial charge in [-0.3, -0.25) is 9.59 Å². The normalized spacial score (nSPS) is 11.7. The fourth-order valence-electron chi connectivity index (χ4n) is 1.90. The number of primary amides is 1. The molecule has 0 spiro atoms.